The lowest BCUT2D eigenvalue weighted by molar-refractivity contribution is 0.233. The molecule has 1 saturated heterocycles. The normalized spacial score (nSPS) is 18.9. The first kappa shape index (κ1) is 17.7. The molecule has 0 amide bonds. The summed E-state index contributed by atoms with van der Waals surface area (Å²) in [5.74, 6) is 1.09. The van der Waals surface area contributed by atoms with Gasteiger partial charge in [0.05, 0.1) is 19.3 Å². The van der Waals surface area contributed by atoms with Crippen molar-refractivity contribution in [3.05, 3.63) is 35.3 Å². The van der Waals surface area contributed by atoms with Gasteiger partial charge < -0.3 is 10.6 Å². The number of hydrogen-bond acceptors (Lipinski definition) is 6. The van der Waals surface area contributed by atoms with Crippen LogP contribution in [0, 0.1) is 0 Å². The Kier molecular flexibility index (Phi) is 6.25. The van der Waals surface area contributed by atoms with Gasteiger partial charge in [0.15, 0.2) is 0 Å². The van der Waals surface area contributed by atoms with Crippen LogP contribution in [0.1, 0.15) is 18.9 Å². The molecule has 0 aliphatic carbocycles. The number of amidine groups is 1. The molecule has 3 rings (SSSR count). The Morgan fingerprint density at radius 1 is 1.28 bits per heavy atom. The molecule has 1 aromatic heterocycles. The summed E-state index contributed by atoms with van der Waals surface area (Å²) in [6.07, 6.45) is 3.81. The third-order valence-electron chi connectivity index (χ3n) is 4.41. The highest BCUT2D eigenvalue weighted by molar-refractivity contribution is 5.97. The minimum Gasteiger partial charge on any atom is -0.363 e. The molecular weight excluding hydrogens is 319 g/mol. The lowest BCUT2D eigenvalue weighted by Gasteiger charge is -2.27. The standard InChI is InChI=1S/C18H25FN6/c1-2-15-10-22-18(23-11-16(15)19)12-24-17-4-3-14(9-21-17)13-25-7-5-20-6-8-25/h3-4,9,11,20H,2,5-8,10,12-13H2,1H3,(H,21,24). The largest absolute Gasteiger partial charge is 0.363 e. The number of allylic oxidation sites excluding steroid dienone is 1. The van der Waals surface area contributed by atoms with Crippen LogP contribution >= 0.6 is 0 Å². The minimum absolute atomic E-state index is 0.267. The zero-order valence-electron chi connectivity index (χ0n) is 14.6. The van der Waals surface area contributed by atoms with Gasteiger partial charge in [0.1, 0.15) is 17.5 Å². The topological polar surface area (TPSA) is 64.9 Å². The summed E-state index contributed by atoms with van der Waals surface area (Å²) in [7, 11) is 0. The summed E-state index contributed by atoms with van der Waals surface area (Å²) in [5.41, 5.74) is 1.89. The van der Waals surface area contributed by atoms with E-state index in [1.54, 1.807) is 0 Å². The zero-order chi connectivity index (χ0) is 17.5. The fourth-order valence-corrected chi connectivity index (χ4v) is 2.83. The number of hydrogen-bond donors (Lipinski definition) is 2. The lowest BCUT2D eigenvalue weighted by atomic mass is 10.2. The Hall–Kier alpha value is -2.12. The van der Waals surface area contributed by atoms with Crippen molar-refractivity contribution in [1.82, 2.24) is 15.2 Å². The number of anilines is 1. The minimum atomic E-state index is -0.267. The van der Waals surface area contributed by atoms with Crippen LogP contribution < -0.4 is 10.6 Å². The summed E-state index contributed by atoms with van der Waals surface area (Å²) in [6, 6.07) is 4.06. The van der Waals surface area contributed by atoms with Gasteiger partial charge in [-0.2, -0.15) is 0 Å². The summed E-state index contributed by atoms with van der Waals surface area (Å²) in [5, 5.41) is 6.56. The van der Waals surface area contributed by atoms with Gasteiger partial charge in [-0.05, 0) is 23.6 Å². The van der Waals surface area contributed by atoms with E-state index >= 15 is 0 Å². The van der Waals surface area contributed by atoms with Crippen molar-refractivity contribution >= 4 is 17.9 Å². The average Bonchev–Trinajstić information content (AvgIpc) is 2.83. The first-order chi connectivity index (χ1) is 12.2. The summed E-state index contributed by atoms with van der Waals surface area (Å²) in [4.78, 5) is 15.3. The molecule has 0 radical (unpaired) electrons. The van der Waals surface area contributed by atoms with E-state index < -0.39 is 0 Å². The van der Waals surface area contributed by atoms with Crippen LogP contribution in [0.4, 0.5) is 10.2 Å². The molecule has 3 heterocycles. The molecule has 6 nitrogen and oxygen atoms in total. The van der Waals surface area contributed by atoms with Crippen molar-refractivity contribution < 1.29 is 4.39 Å². The van der Waals surface area contributed by atoms with E-state index in [1.165, 1.54) is 11.8 Å². The van der Waals surface area contributed by atoms with E-state index in [2.05, 4.69) is 36.6 Å². The molecule has 2 aliphatic rings. The van der Waals surface area contributed by atoms with Crippen LogP contribution in [0.25, 0.3) is 0 Å². The van der Waals surface area contributed by atoms with Crippen molar-refractivity contribution in [2.24, 2.45) is 9.98 Å². The second-order valence-corrected chi connectivity index (χ2v) is 6.23. The molecule has 0 aromatic carbocycles. The molecule has 0 unspecified atom stereocenters. The van der Waals surface area contributed by atoms with Crippen molar-refractivity contribution in [3.63, 3.8) is 0 Å². The Bertz CT molecular complexity index is 659. The Morgan fingerprint density at radius 2 is 2.12 bits per heavy atom. The van der Waals surface area contributed by atoms with E-state index in [1.807, 2.05) is 19.2 Å². The first-order valence-corrected chi connectivity index (χ1v) is 8.81. The quantitative estimate of drug-likeness (QED) is 0.829. The maximum absolute atomic E-state index is 13.7. The number of piperazine rings is 1. The van der Waals surface area contributed by atoms with Crippen molar-refractivity contribution in [2.45, 2.75) is 19.9 Å². The molecule has 2 N–H and O–H groups in total. The molecule has 1 aromatic rings. The van der Waals surface area contributed by atoms with Gasteiger partial charge in [0, 0.05) is 38.9 Å². The summed E-state index contributed by atoms with van der Waals surface area (Å²) >= 11 is 0. The third kappa shape index (κ3) is 5.17. The lowest BCUT2D eigenvalue weighted by Crippen LogP contribution is -2.42. The highest BCUT2D eigenvalue weighted by Gasteiger charge is 2.10. The Morgan fingerprint density at radius 3 is 2.84 bits per heavy atom. The van der Waals surface area contributed by atoms with E-state index in [-0.39, 0.29) is 5.83 Å². The van der Waals surface area contributed by atoms with Gasteiger partial charge >= 0.3 is 0 Å². The number of nitrogens with zero attached hydrogens (tertiary/aromatic N) is 4. The number of halogens is 1. The summed E-state index contributed by atoms with van der Waals surface area (Å²) < 4.78 is 13.7. The van der Waals surface area contributed by atoms with E-state index in [4.69, 9.17) is 0 Å². The van der Waals surface area contributed by atoms with Crippen molar-refractivity contribution in [2.75, 3.05) is 44.6 Å². The zero-order valence-corrected chi connectivity index (χ0v) is 14.6. The van der Waals surface area contributed by atoms with Crippen LogP contribution in [0.2, 0.25) is 0 Å². The van der Waals surface area contributed by atoms with Crippen molar-refractivity contribution in [1.29, 1.82) is 0 Å². The molecular formula is C18H25FN6. The fourth-order valence-electron chi connectivity index (χ4n) is 2.83. The molecule has 0 spiro atoms. The van der Waals surface area contributed by atoms with Gasteiger partial charge in [0.2, 0.25) is 0 Å². The predicted molar refractivity (Wildman–Crippen MR) is 100 cm³/mol. The van der Waals surface area contributed by atoms with Crippen LogP contribution in [0.3, 0.4) is 0 Å². The Labute approximate surface area is 148 Å². The number of aliphatic imine (C=N–C) groups is 2. The maximum atomic E-state index is 13.7. The molecule has 25 heavy (non-hydrogen) atoms. The number of pyridine rings is 1. The summed E-state index contributed by atoms with van der Waals surface area (Å²) in [6.45, 7) is 7.89. The molecule has 0 atom stereocenters. The van der Waals surface area contributed by atoms with Crippen LogP contribution in [0.5, 0.6) is 0 Å². The van der Waals surface area contributed by atoms with Gasteiger partial charge in [-0.25, -0.2) is 14.4 Å². The molecule has 1 fully saturated rings. The predicted octanol–water partition coefficient (Wildman–Crippen LogP) is 2.02. The van der Waals surface area contributed by atoms with Gasteiger partial charge in [-0.1, -0.05) is 13.0 Å². The van der Waals surface area contributed by atoms with E-state index in [0.29, 0.717) is 30.9 Å². The average molecular weight is 344 g/mol. The van der Waals surface area contributed by atoms with Gasteiger partial charge in [-0.15, -0.1) is 0 Å². The number of aromatic nitrogens is 1. The molecule has 134 valence electrons. The van der Waals surface area contributed by atoms with E-state index in [0.717, 1.165) is 38.5 Å². The van der Waals surface area contributed by atoms with Gasteiger partial charge in [-0.3, -0.25) is 9.89 Å². The second kappa shape index (κ2) is 8.82. The SMILES string of the molecule is CCC1=C(F)C=NC(CNc2ccc(CN3CCNCC3)cn2)=NC1. The van der Waals surface area contributed by atoms with Crippen LogP contribution in [0.15, 0.2) is 39.7 Å². The molecule has 2 aliphatic heterocycles. The first-order valence-electron chi connectivity index (χ1n) is 8.81. The van der Waals surface area contributed by atoms with Gasteiger partial charge in [0.25, 0.3) is 0 Å². The molecule has 0 bridgehead atoms. The van der Waals surface area contributed by atoms with E-state index in [9.17, 15) is 4.39 Å². The monoisotopic (exact) mass is 344 g/mol. The fraction of sp³-hybridized carbons (Fsp3) is 0.500. The maximum Gasteiger partial charge on any atom is 0.143 e. The Balaban J connectivity index is 1.50. The number of rotatable bonds is 6. The highest BCUT2D eigenvalue weighted by Crippen LogP contribution is 2.13. The second-order valence-electron chi connectivity index (χ2n) is 6.23. The highest BCUT2D eigenvalue weighted by atomic mass is 19.1. The molecule has 7 heteroatoms. The van der Waals surface area contributed by atoms with Crippen LogP contribution in [-0.2, 0) is 6.54 Å². The third-order valence-corrected chi connectivity index (χ3v) is 4.41. The van der Waals surface area contributed by atoms with Crippen LogP contribution in [-0.4, -0.2) is 61.2 Å². The number of nitrogens with one attached hydrogen (secondary N) is 2. The molecule has 0 saturated carbocycles. The van der Waals surface area contributed by atoms with Crippen molar-refractivity contribution in [3.8, 4) is 0 Å². The smallest absolute Gasteiger partial charge is 0.143 e.